The van der Waals surface area contributed by atoms with E-state index in [-0.39, 0.29) is 11.9 Å². The zero-order valence-electron chi connectivity index (χ0n) is 17.3. The van der Waals surface area contributed by atoms with Crippen molar-refractivity contribution in [3.63, 3.8) is 0 Å². The van der Waals surface area contributed by atoms with Gasteiger partial charge in [0.2, 0.25) is 5.91 Å². The number of nitrogens with one attached hydrogen (secondary N) is 1. The van der Waals surface area contributed by atoms with E-state index in [2.05, 4.69) is 12.2 Å². The van der Waals surface area contributed by atoms with Crippen molar-refractivity contribution in [3.05, 3.63) is 0 Å². The van der Waals surface area contributed by atoms with Crippen LogP contribution in [0.3, 0.4) is 0 Å². The smallest absolute Gasteiger partial charge is 0.328 e. The van der Waals surface area contributed by atoms with Crippen LogP contribution >= 0.6 is 11.8 Å². The number of carbonyl (C=O) groups excluding carboxylic acids is 2. The molecule has 0 aliphatic heterocycles. The molecule has 1 N–H and O–H groups in total. The largest absolute Gasteiger partial charge is 0.464 e. The number of carbonyl (C=O) groups is 2. The van der Waals surface area contributed by atoms with E-state index in [1.807, 2.05) is 6.26 Å². The van der Waals surface area contributed by atoms with Crippen molar-refractivity contribution >= 4 is 23.6 Å². The van der Waals surface area contributed by atoms with Crippen molar-refractivity contribution in [2.24, 2.45) is 0 Å². The van der Waals surface area contributed by atoms with Gasteiger partial charge >= 0.3 is 5.97 Å². The van der Waals surface area contributed by atoms with Crippen LogP contribution in [0.5, 0.6) is 0 Å². The van der Waals surface area contributed by atoms with Crippen molar-refractivity contribution < 1.29 is 14.3 Å². The Hall–Kier alpha value is -0.710. The van der Waals surface area contributed by atoms with E-state index in [1.165, 1.54) is 71.1 Å². The Morgan fingerprint density at radius 1 is 0.885 bits per heavy atom. The molecule has 5 heteroatoms. The summed E-state index contributed by atoms with van der Waals surface area (Å²) >= 11 is 1.66. The number of rotatable bonds is 18. The molecule has 0 fully saturated rings. The highest BCUT2D eigenvalue weighted by molar-refractivity contribution is 7.98. The molecular weight excluding hydrogens is 346 g/mol. The van der Waals surface area contributed by atoms with E-state index in [0.717, 1.165) is 18.6 Å². The van der Waals surface area contributed by atoms with E-state index in [1.54, 1.807) is 11.8 Å². The lowest BCUT2D eigenvalue weighted by molar-refractivity contribution is -0.147. The van der Waals surface area contributed by atoms with Crippen molar-refractivity contribution in [1.82, 2.24) is 5.32 Å². The third-order valence-electron chi connectivity index (χ3n) is 4.51. The lowest BCUT2D eigenvalue weighted by atomic mass is 10.1. The van der Waals surface area contributed by atoms with Gasteiger partial charge in [-0.15, -0.1) is 0 Å². The normalized spacial score (nSPS) is 12.0. The summed E-state index contributed by atoms with van der Waals surface area (Å²) in [5, 5.41) is 2.68. The molecule has 0 bridgehead atoms. The number of hydrogen-bond acceptors (Lipinski definition) is 4. The van der Waals surface area contributed by atoms with Gasteiger partial charge in [-0.3, -0.25) is 4.79 Å². The topological polar surface area (TPSA) is 55.4 Å². The summed E-state index contributed by atoms with van der Waals surface area (Å²) in [4.78, 5) is 23.2. The zero-order chi connectivity index (χ0) is 19.5. The average Bonchev–Trinajstić information content (AvgIpc) is 2.62. The van der Waals surface area contributed by atoms with Crippen molar-refractivity contribution in [3.8, 4) is 0 Å². The van der Waals surface area contributed by atoms with Crippen LogP contribution in [0.2, 0.25) is 0 Å². The Balaban J connectivity index is 3.51. The fourth-order valence-electron chi connectivity index (χ4n) is 2.95. The molecular formula is C21H41NO3S. The number of hydrogen-bond donors (Lipinski definition) is 1. The lowest BCUT2D eigenvalue weighted by Gasteiger charge is -2.16. The molecule has 0 spiro atoms. The van der Waals surface area contributed by atoms with Gasteiger partial charge in [-0.05, 0) is 24.9 Å². The van der Waals surface area contributed by atoms with Gasteiger partial charge in [0.15, 0.2) is 0 Å². The second-order valence-corrected chi connectivity index (χ2v) is 8.08. The van der Waals surface area contributed by atoms with Gasteiger partial charge in [0.25, 0.3) is 0 Å². The van der Waals surface area contributed by atoms with E-state index in [9.17, 15) is 9.59 Å². The number of esters is 1. The molecule has 4 nitrogen and oxygen atoms in total. The molecule has 0 saturated carbocycles. The molecule has 0 unspecified atom stereocenters. The highest BCUT2D eigenvalue weighted by atomic mass is 32.2. The molecule has 0 aromatic heterocycles. The van der Waals surface area contributed by atoms with E-state index >= 15 is 0 Å². The minimum absolute atomic E-state index is 0.182. The summed E-state index contributed by atoms with van der Waals surface area (Å²) in [6.07, 6.45) is 18.1. The third-order valence-corrected chi connectivity index (χ3v) is 5.16. The molecule has 0 aromatic carbocycles. The molecule has 0 saturated heterocycles. The Bertz CT molecular complexity index is 350. The van der Waals surface area contributed by atoms with E-state index in [0.29, 0.717) is 13.0 Å². The molecule has 0 rings (SSSR count). The maximum absolute atomic E-state index is 12.0. The van der Waals surface area contributed by atoms with Crippen molar-refractivity contribution in [1.29, 1.82) is 0 Å². The van der Waals surface area contributed by atoms with Gasteiger partial charge in [0, 0.05) is 6.92 Å². The molecule has 0 heterocycles. The minimum atomic E-state index is -0.503. The molecule has 154 valence electrons. The molecule has 1 amide bonds. The van der Waals surface area contributed by atoms with Crippen LogP contribution in [0.15, 0.2) is 0 Å². The minimum Gasteiger partial charge on any atom is -0.464 e. The summed E-state index contributed by atoms with van der Waals surface area (Å²) in [7, 11) is 0. The van der Waals surface area contributed by atoms with Gasteiger partial charge in [-0.2, -0.15) is 11.8 Å². The maximum Gasteiger partial charge on any atom is 0.328 e. The Morgan fingerprint density at radius 3 is 1.85 bits per heavy atom. The lowest BCUT2D eigenvalue weighted by Crippen LogP contribution is -2.41. The first-order valence-electron chi connectivity index (χ1n) is 10.5. The summed E-state index contributed by atoms with van der Waals surface area (Å²) in [5.41, 5.74) is 0. The highest BCUT2D eigenvalue weighted by Crippen LogP contribution is 2.12. The first kappa shape index (κ1) is 25.3. The number of ether oxygens (including phenoxy) is 1. The quantitative estimate of drug-likeness (QED) is 0.250. The first-order valence-corrected chi connectivity index (χ1v) is 11.9. The summed E-state index contributed by atoms with van der Waals surface area (Å²) < 4.78 is 5.33. The van der Waals surface area contributed by atoms with Crippen LogP contribution in [0.4, 0.5) is 0 Å². The molecule has 1 atom stereocenters. The summed E-state index contributed by atoms with van der Waals surface area (Å²) in [6, 6.07) is -0.503. The molecule has 0 aliphatic rings. The van der Waals surface area contributed by atoms with Gasteiger partial charge in [0.05, 0.1) is 6.61 Å². The van der Waals surface area contributed by atoms with Gasteiger partial charge in [-0.1, -0.05) is 77.6 Å². The second-order valence-electron chi connectivity index (χ2n) is 7.09. The van der Waals surface area contributed by atoms with E-state index in [4.69, 9.17) is 4.74 Å². The molecule has 0 aromatic rings. The summed E-state index contributed by atoms with van der Waals surface area (Å²) in [5.74, 6) is 0.356. The Morgan fingerprint density at radius 2 is 1.38 bits per heavy atom. The van der Waals surface area contributed by atoms with Crippen LogP contribution < -0.4 is 5.32 Å². The highest BCUT2D eigenvalue weighted by Gasteiger charge is 2.20. The Kier molecular flexibility index (Phi) is 18.5. The van der Waals surface area contributed by atoms with Gasteiger partial charge in [-0.25, -0.2) is 4.79 Å². The van der Waals surface area contributed by atoms with Crippen LogP contribution in [0.1, 0.15) is 97.3 Å². The fraction of sp³-hybridized carbons (Fsp3) is 0.905. The number of thioether (sulfide) groups is 1. The zero-order valence-corrected chi connectivity index (χ0v) is 18.1. The SMILES string of the molecule is CCCCCCCCCCCCCCOC(=O)[C@H](CCSC)NC(C)=O. The Labute approximate surface area is 165 Å². The van der Waals surface area contributed by atoms with Crippen molar-refractivity contribution in [2.45, 2.75) is 103 Å². The number of amides is 1. The predicted octanol–water partition coefficient (Wildman–Crippen LogP) is 5.49. The van der Waals surface area contributed by atoms with Crippen molar-refractivity contribution in [2.75, 3.05) is 18.6 Å². The first-order chi connectivity index (χ1) is 12.6. The van der Waals surface area contributed by atoms with Crippen LogP contribution in [-0.4, -0.2) is 36.5 Å². The maximum atomic E-state index is 12.0. The molecule has 26 heavy (non-hydrogen) atoms. The molecule has 0 aliphatic carbocycles. The average molecular weight is 388 g/mol. The van der Waals surface area contributed by atoms with E-state index < -0.39 is 6.04 Å². The fourth-order valence-corrected chi connectivity index (χ4v) is 3.42. The van der Waals surface area contributed by atoms with Crippen LogP contribution in [0, 0.1) is 0 Å². The molecule has 0 radical (unpaired) electrons. The standard InChI is InChI=1S/C21H41NO3S/c1-4-5-6-7-8-9-10-11-12-13-14-15-17-25-21(24)20(16-18-26-3)22-19(2)23/h20H,4-18H2,1-3H3,(H,22,23)/t20-/m0/s1. The number of unbranched alkanes of at least 4 members (excludes halogenated alkanes) is 11. The third kappa shape index (κ3) is 16.7. The van der Waals surface area contributed by atoms with Gasteiger partial charge in [0.1, 0.15) is 6.04 Å². The van der Waals surface area contributed by atoms with Crippen LogP contribution in [-0.2, 0) is 14.3 Å². The van der Waals surface area contributed by atoms with Crippen LogP contribution in [0.25, 0.3) is 0 Å². The predicted molar refractivity (Wildman–Crippen MR) is 113 cm³/mol. The second kappa shape index (κ2) is 19.1. The monoisotopic (exact) mass is 387 g/mol. The van der Waals surface area contributed by atoms with Gasteiger partial charge < -0.3 is 10.1 Å². The summed E-state index contributed by atoms with van der Waals surface area (Å²) in [6.45, 7) is 4.16.